The molecule has 1 rings (SSSR count). The fraction of sp³-hybridized carbons (Fsp3) is 0.286. The normalized spacial score (nSPS) is 24.2. The lowest BCUT2D eigenvalue weighted by atomic mass is 10.1. The maximum absolute atomic E-state index is 10.7. The molecule has 1 unspecified atom stereocenters. The zero-order valence-electron chi connectivity index (χ0n) is 5.94. The summed E-state index contributed by atoms with van der Waals surface area (Å²) in [6, 6.07) is 0. The second-order valence-electron chi connectivity index (χ2n) is 2.11. The van der Waals surface area contributed by atoms with E-state index in [9.17, 15) is 4.79 Å². The van der Waals surface area contributed by atoms with Crippen LogP contribution >= 0.6 is 0 Å². The van der Waals surface area contributed by atoms with E-state index in [2.05, 4.69) is 0 Å². The van der Waals surface area contributed by atoms with E-state index in [-0.39, 0.29) is 5.76 Å². The highest BCUT2D eigenvalue weighted by molar-refractivity contribution is 5.99. The number of methoxy groups -OCH3 is 1. The van der Waals surface area contributed by atoms with Gasteiger partial charge in [-0.05, 0) is 6.08 Å². The molecule has 0 saturated carbocycles. The smallest absolute Gasteiger partial charge is 0.229 e. The van der Waals surface area contributed by atoms with Gasteiger partial charge in [-0.1, -0.05) is 0 Å². The van der Waals surface area contributed by atoms with Gasteiger partial charge in [-0.25, -0.2) is 0 Å². The van der Waals surface area contributed by atoms with Crippen molar-refractivity contribution in [2.75, 3.05) is 7.11 Å². The Morgan fingerprint density at radius 1 is 1.64 bits per heavy atom. The number of aliphatic hydroxyl groups excluding tert-OH is 2. The van der Waals surface area contributed by atoms with Gasteiger partial charge in [0.1, 0.15) is 11.9 Å². The number of aliphatic hydroxyl groups is 2. The van der Waals surface area contributed by atoms with E-state index in [4.69, 9.17) is 14.9 Å². The average Bonchev–Trinajstić information content (AvgIpc) is 1.99. The van der Waals surface area contributed by atoms with Gasteiger partial charge in [-0.3, -0.25) is 4.79 Å². The van der Waals surface area contributed by atoms with E-state index in [1.165, 1.54) is 13.2 Å². The van der Waals surface area contributed by atoms with Crippen LogP contribution in [-0.4, -0.2) is 29.2 Å². The standard InChI is InChI=1S/C7H8O4/c1-11-4-2-5(8)7(10)6(9)3-4/h2-3,5,8-9H,1H3. The molecule has 0 fully saturated rings. The number of allylic oxidation sites excluding steroid dienone is 1. The van der Waals surface area contributed by atoms with Gasteiger partial charge in [0.2, 0.25) is 5.78 Å². The topological polar surface area (TPSA) is 66.8 Å². The van der Waals surface area contributed by atoms with Crippen LogP contribution in [0.25, 0.3) is 0 Å². The molecule has 0 amide bonds. The van der Waals surface area contributed by atoms with Crippen LogP contribution in [0.5, 0.6) is 0 Å². The summed E-state index contributed by atoms with van der Waals surface area (Å²) in [4.78, 5) is 10.7. The Balaban J connectivity index is 2.91. The van der Waals surface area contributed by atoms with Gasteiger partial charge in [-0.2, -0.15) is 0 Å². The summed E-state index contributed by atoms with van der Waals surface area (Å²) in [5.41, 5.74) is 0. The molecule has 1 aliphatic rings. The lowest BCUT2D eigenvalue weighted by Crippen LogP contribution is -2.23. The van der Waals surface area contributed by atoms with Crippen LogP contribution in [0.4, 0.5) is 0 Å². The highest BCUT2D eigenvalue weighted by Crippen LogP contribution is 2.12. The summed E-state index contributed by atoms with van der Waals surface area (Å²) in [5.74, 6) is -0.891. The summed E-state index contributed by atoms with van der Waals surface area (Å²) in [7, 11) is 1.39. The largest absolute Gasteiger partial charge is 0.504 e. The van der Waals surface area contributed by atoms with Crippen LogP contribution < -0.4 is 0 Å². The fourth-order valence-corrected chi connectivity index (χ4v) is 0.764. The maximum atomic E-state index is 10.7. The van der Waals surface area contributed by atoms with Gasteiger partial charge in [-0.15, -0.1) is 0 Å². The highest BCUT2D eigenvalue weighted by atomic mass is 16.5. The first-order chi connectivity index (χ1) is 5.15. The molecule has 0 saturated heterocycles. The predicted octanol–water partition coefficient (Wildman–Crippen LogP) is -0.0978. The van der Waals surface area contributed by atoms with Crippen molar-refractivity contribution in [2.24, 2.45) is 0 Å². The third kappa shape index (κ3) is 1.40. The van der Waals surface area contributed by atoms with E-state index in [0.717, 1.165) is 6.08 Å². The van der Waals surface area contributed by atoms with Crippen LogP contribution in [0.3, 0.4) is 0 Å². The molecular weight excluding hydrogens is 148 g/mol. The molecule has 60 valence electrons. The lowest BCUT2D eigenvalue weighted by Gasteiger charge is -2.11. The number of ketones is 1. The molecule has 0 spiro atoms. The van der Waals surface area contributed by atoms with Gasteiger partial charge < -0.3 is 14.9 Å². The number of carbonyl (C=O) groups is 1. The SMILES string of the molecule is COC1=CC(O)C(=O)C(O)=C1. The summed E-state index contributed by atoms with van der Waals surface area (Å²) < 4.78 is 4.69. The number of carbonyl (C=O) groups excluding carboxylic acids is 1. The quantitative estimate of drug-likeness (QED) is 0.556. The molecule has 0 aliphatic heterocycles. The third-order valence-electron chi connectivity index (χ3n) is 1.36. The minimum atomic E-state index is -1.28. The molecule has 0 aromatic carbocycles. The Hall–Kier alpha value is -1.29. The third-order valence-corrected chi connectivity index (χ3v) is 1.36. The Morgan fingerprint density at radius 2 is 2.27 bits per heavy atom. The van der Waals surface area contributed by atoms with Crippen molar-refractivity contribution in [3.05, 3.63) is 23.7 Å². The predicted molar refractivity (Wildman–Crippen MR) is 36.8 cm³/mol. The molecule has 0 radical (unpaired) electrons. The van der Waals surface area contributed by atoms with Crippen molar-refractivity contribution >= 4 is 5.78 Å². The van der Waals surface area contributed by atoms with Crippen LogP contribution in [-0.2, 0) is 9.53 Å². The summed E-state index contributed by atoms with van der Waals surface area (Å²) >= 11 is 0. The summed E-state index contributed by atoms with van der Waals surface area (Å²) in [5, 5.41) is 17.8. The van der Waals surface area contributed by atoms with Crippen molar-refractivity contribution in [2.45, 2.75) is 6.10 Å². The second-order valence-corrected chi connectivity index (χ2v) is 2.11. The van der Waals surface area contributed by atoms with Crippen molar-refractivity contribution in [1.82, 2.24) is 0 Å². The van der Waals surface area contributed by atoms with Crippen LogP contribution in [0.2, 0.25) is 0 Å². The van der Waals surface area contributed by atoms with E-state index in [0.29, 0.717) is 0 Å². The maximum Gasteiger partial charge on any atom is 0.229 e. The Kier molecular flexibility index (Phi) is 1.96. The minimum Gasteiger partial charge on any atom is -0.504 e. The monoisotopic (exact) mass is 156 g/mol. The Morgan fingerprint density at radius 3 is 2.73 bits per heavy atom. The average molecular weight is 156 g/mol. The number of rotatable bonds is 1. The molecule has 0 aromatic rings. The van der Waals surface area contributed by atoms with Crippen LogP contribution in [0.1, 0.15) is 0 Å². The number of ether oxygens (including phenoxy) is 1. The molecule has 1 atom stereocenters. The van der Waals surface area contributed by atoms with E-state index >= 15 is 0 Å². The van der Waals surface area contributed by atoms with Crippen molar-refractivity contribution in [3.63, 3.8) is 0 Å². The van der Waals surface area contributed by atoms with Crippen molar-refractivity contribution in [3.8, 4) is 0 Å². The molecule has 2 N–H and O–H groups in total. The molecule has 4 nitrogen and oxygen atoms in total. The van der Waals surface area contributed by atoms with Gasteiger partial charge >= 0.3 is 0 Å². The van der Waals surface area contributed by atoms with Gasteiger partial charge in [0, 0.05) is 6.08 Å². The van der Waals surface area contributed by atoms with E-state index in [1.807, 2.05) is 0 Å². The minimum absolute atomic E-state index is 0.287. The van der Waals surface area contributed by atoms with E-state index < -0.39 is 17.6 Å². The van der Waals surface area contributed by atoms with Crippen LogP contribution in [0.15, 0.2) is 23.7 Å². The zero-order valence-corrected chi connectivity index (χ0v) is 5.94. The lowest BCUT2D eigenvalue weighted by molar-refractivity contribution is -0.124. The highest BCUT2D eigenvalue weighted by Gasteiger charge is 2.22. The molecule has 0 aromatic heterocycles. The first kappa shape index (κ1) is 7.81. The van der Waals surface area contributed by atoms with Gasteiger partial charge in [0.15, 0.2) is 5.76 Å². The number of Topliss-reactive ketones (excluding diaryl/α,β-unsaturated/α-hetero) is 1. The molecule has 1 aliphatic carbocycles. The number of hydrogen-bond acceptors (Lipinski definition) is 4. The molecular formula is C7H8O4. The first-order valence-electron chi connectivity index (χ1n) is 3.04. The molecule has 0 heterocycles. The summed E-state index contributed by atoms with van der Waals surface area (Å²) in [6.07, 6.45) is 1.10. The first-order valence-corrected chi connectivity index (χ1v) is 3.04. The van der Waals surface area contributed by atoms with Crippen LogP contribution in [0, 0.1) is 0 Å². The zero-order chi connectivity index (χ0) is 8.43. The number of hydrogen-bond donors (Lipinski definition) is 2. The Bertz CT molecular complexity index is 239. The fourth-order valence-electron chi connectivity index (χ4n) is 0.764. The second kappa shape index (κ2) is 2.75. The van der Waals surface area contributed by atoms with Crippen molar-refractivity contribution in [1.29, 1.82) is 0 Å². The molecule has 11 heavy (non-hydrogen) atoms. The van der Waals surface area contributed by atoms with E-state index in [1.54, 1.807) is 0 Å². The molecule has 0 bridgehead atoms. The van der Waals surface area contributed by atoms with Gasteiger partial charge in [0.25, 0.3) is 0 Å². The Labute approximate surface area is 63.4 Å². The van der Waals surface area contributed by atoms with Crippen molar-refractivity contribution < 1.29 is 19.7 Å². The molecule has 4 heteroatoms. The van der Waals surface area contributed by atoms with Gasteiger partial charge in [0.05, 0.1) is 7.11 Å². The summed E-state index contributed by atoms with van der Waals surface area (Å²) in [6.45, 7) is 0.